The Morgan fingerprint density at radius 2 is 2.04 bits per heavy atom. The van der Waals surface area contributed by atoms with Crippen LogP contribution in [0.1, 0.15) is 38.3 Å². The maximum Gasteiger partial charge on any atom is 0.315 e. The van der Waals surface area contributed by atoms with E-state index in [-0.39, 0.29) is 18.1 Å². The lowest BCUT2D eigenvalue weighted by atomic mass is 10.0. The van der Waals surface area contributed by atoms with E-state index in [1.165, 1.54) is 5.57 Å². The first-order valence-electron chi connectivity index (χ1n) is 8.14. The Kier molecular flexibility index (Phi) is 6.66. The normalized spacial score (nSPS) is 17.5. The molecule has 1 unspecified atom stereocenters. The molecule has 0 saturated carbocycles. The first kappa shape index (κ1) is 18.0. The number of rotatable bonds is 5. The van der Waals surface area contributed by atoms with Gasteiger partial charge in [-0.15, -0.1) is 0 Å². The van der Waals surface area contributed by atoms with E-state index in [0.29, 0.717) is 0 Å². The summed E-state index contributed by atoms with van der Waals surface area (Å²) in [7, 11) is 0. The summed E-state index contributed by atoms with van der Waals surface area (Å²) < 4.78 is 1.01. The molecule has 1 aliphatic heterocycles. The predicted molar refractivity (Wildman–Crippen MR) is 98.5 cm³/mol. The van der Waals surface area contributed by atoms with Gasteiger partial charge >= 0.3 is 6.03 Å². The molecule has 1 fully saturated rings. The quantitative estimate of drug-likeness (QED) is 0.763. The van der Waals surface area contributed by atoms with Gasteiger partial charge in [0.05, 0.1) is 6.04 Å². The molecule has 1 atom stereocenters. The van der Waals surface area contributed by atoms with Crippen LogP contribution in [-0.4, -0.2) is 36.6 Å². The number of likely N-dealkylation sites (tertiary alicyclic amines) is 1. The number of hydrogen-bond donors (Lipinski definition) is 2. The Hall–Kier alpha value is -1.33. The van der Waals surface area contributed by atoms with E-state index >= 15 is 0 Å². The van der Waals surface area contributed by atoms with Crippen molar-refractivity contribution < 1.29 is 4.79 Å². The van der Waals surface area contributed by atoms with Crippen molar-refractivity contribution in [2.24, 2.45) is 0 Å². The molecule has 1 aromatic rings. The zero-order valence-electron chi connectivity index (χ0n) is 13.9. The van der Waals surface area contributed by atoms with Crippen molar-refractivity contribution >= 4 is 22.0 Å². The SMILES string of the molecule is C=C(C)CN1CCC(NC(=O)NC(C)c2ccccc2Br)CC1. The van der Waals surface area contributed by atoms with Gasteiger partial charge < -0.3 is 10.6 Å². The fourth-order valence-electron chi connectivity index (χ4n) is 2.94. The number of amides is 2. The Morgan fingerprint density at radius 1 is 1.39 bits per heavy atom. The van der Waals surface area contributed by atoms with Crippen LogP contribution in [0.5, 0.6) is 0 Å². The van der Waals surface area contributed by atoms with E-state index in [2.05, 4.69) is 45.0 Å². The molecule has 0 spiro atoms. The number of carbonyl (C=O) groups excluding carboxylic acids is 1. The van der Waals surface area contributed by atoms with Gasteiger partial charge in [0.15, 0.2) is 0 Å². The van der Waals surface area contributed by atoms with E-state index in [9.17, 15) is 4.79 Å². The Bertz CT molecular complexity index is 553. The van der Waals surface area contributed by atoms with Gasteiger partial charge in [0.1, 0.15) is 0 Å². The van der Waals surface area contributed by atoms with Gasteiger partial charge in [-0.3, -0.25) is 4.90 Å². The van der Waals surface area contributed by atoms with Crippen LogP contribution in [0.2, 0.25) is 0 Å². The van der Waals surface area contributed by atoms with Crippen molar-refractivity contribution in [2.45, 2.75) is 38.8 Å². The van der Waals surface area contributed by atoms with Gasteiger partial charge in [-0.1, -0.05) is 46.3 Å². The Morgan fingerprint density at radius 3 is 2.65 bits per heavy atom. The molecule has 2 amide bonds. The van der Waals surface area contributed by atoms with Crippen molar-refractivity contribution in [1.82, 2.24) is 15.5 Å². The average molecular weight is 380 g/mol. The number of nitrogens with zero attached hydrogens (tertiary/aromatic N) is 1. The minimum atomic E-state index is -0.0911. The van der Waals surface area contributed by atoms with Crippen molar-refractivity contribution in [3.63, 3.8) is 0 Å². The highest BCUT2D eigenvalue weighted by molar-refractivity contribution is 9.10. The van der Waals surface area contributed by atoms with Crippen LogP contribution in [0.3, 0.4) is 0 Å². The highest BCUT2D eigenvalue weighted by Gasteiger charge is 2.21. The lowest BCUT2D eigenvalue weighted by molar-refractivity contribution is 0.200. The first-order chi connectivity index (χ1) is 11.0. The van der Waals surface area contributed by atoms with Crippen molar-refractivity contribution in [3.8, 4) is 0 Å². The number of carbonyl (C=O) groups is 1. The van der Waals surface area contributed by atoms with Crippen molar-refractivity contribution in [2.75, 3.05) is 19.6 Å². The fraction of sp³-hybridized carbons (Fsp3) is 0.500. The van der Waals surface area contributed by atoms with Gasteiger partial charge in [0.2, 0.25) is 0 Å². The summed E-state index contributed by atoms with van der Waals surface area (Å²) in [5, 5.41) is 6.12. The standard InChI is InChI=1S/C18H26BrN3O/c1-13(2)12-22-10-8-15(9-11-22)21-18(23)20-14(3)16-6-4-5-7-17(16)19/h4-7,14-15H,1,8-12H2,2-3H3,(H2,20,21,23). The molecule has 1 saturated heterocycles. The molecule has 2 rings (SSSR count). The second-order valence-electron chi connectivity index (χ2n) is 6.37. The number of halogens is 1. The summed E-state index contributed by atoms with van der Waals surface area (Å²) >= 11 is 3.53. The number of benzene rings is 1. The summed E-state index contributed by atoms with van der Waals surface area (Å²) in [5.41, 5.74) is 2.27. The molecule has 0 aliphatic carbocycles. The average Bonchev–Trinajstić information content (AvgIpc) is 2.49. The van der Waals surface area contributed by atoms with Crippen molar-refractivity contribution in [1.29, 1.82) is 0 Å². The highest BCUT2D eigenvalue weighted by atomic mass is 79.9. The number of urea groups is 1. The van der Waals surface area contributed by atoms with Crippen LogP contribution in [0.15, 0.2) is 40.9 Å². The van der Waals surface area contributed by atoms with E-state index in [1.54, 1.807) is 0 Å². The molecule has 1 aromatic carbocycles. The monoisotopic (exact) mass is 379 g/mol. The third kappa shape index (κ3) is 5.66. The molecule has 23 heavy (non-hydrogen) atoms. The van der Waals surface area contributed by atoms with E-state index in [0.717, 1.165) is 42.5 Å². The van der Waals surface area contributed by atoms with Gasteiger partial charge in [-0.05, 0) is 38.3 Å². The second-order valence-corrected chi connectivity index (χ2v) is 7.22. The summed E-state index contributed by atoms with van der Waals surface area (Å²) in [6.45, 7) is 11.0. The minimum absolute atomic E-state index is 0.0333. The first-order valence-corrected chi connectivity index (χ1v) is 8.93. The van der Waals surface area contributed by atoms with Crippen LogP contribution in [0, 0.1) is 0 Å². The lowest BCUT2D eigenvalue weighted by Crippen LogP contribution is -2.48. The Labute approximate surface area is 147 Å². The number of piperidine rings is 1. The minimum Gasteiger partial charge on any atom is -0.335 e. The van der Waals surface area contributed by atoms with Crippen LogP contribution >= 0.6 is 15.9 Å². The maximum absolute atomic E-state index is 12.2. The molecule has 126 valence electrons. The van der Waals surface area contributed by atoms with Crippen LogP contribution in [0.25, 0.3) is 0 Å². The van der Waals surface area contributed by atoms with Gasteiger partial charge in [-0.25, -0.2) is 4.79 Å². The van der Waals surface area contributed by atoms with E-state index in [1.807, 2.05) is 31.2 Å². The molecule has 1 aliphatic rings. The third-order valence-electron chi connectivity index (χ3n) is 4.14. The molecular weight excluding hydrogens is 354 g/mol. The third-order valence-corrected chi connectivity index (χ3v) is 4.86. The summed E-state index contributed by atoms with van der Waals surface area (Å²) in [6, 6.07) is 8.09. The summed E-state index contributed by atoms with van der Waals surface area (Å²) in [6.07, 6.45) is 1.98. The molecule has 2 N–H and O–H groups in total. The molecule has 0 aromatic heterocycles. The van der Waals surface area contributed by atoms with E-state index < -0.39 is 0 Å². The zero-order valence-corrected chi connectivity index (χ0v) is 15.5. The van der Waals surface area contributed by atoms with Gasteiger partial charge in [0.25, 0.3) is 0 Å². The highest BCUT2D eigenvalue weighted by Crippen LogP contribution is 2.22. The number of nitrogens with one attached hydrogen (secondary N) is 2. The van der Waals surface area contributed by atoms with Gasteiger partial charge in [-0.2, -0.15) is 0 Å². The summed E-state index contributed by atoms with van der Waals surface area (Å²) in [5.74, 6) is 0. The lowest BCUT2D eigenvalue weighted by Gasteiger charge is -2.32. The van der Waals surface area contributed by atoms with Crippen LogP contribution in [0.4, 0.5) is 4.79 Å². The molecule has 5 heteroatoms. The maximum atomic E-state index is 12.2. The predicted octanol–water partition coefficient (Wildman–Crippen LogP) is 3.85. The number of hydrogen-bond acceptors (Lipinski definition) is 2. The molecule has 1 heterocycles. The Balaban J connectivity index is 1.77. The van der Waals surface area contributed by atoms with Crippen LogP contribution < -0.4 is 10.6 Å². The molecule has 0 radical (unpaired) electrons. The molecule has 4 nitrogen and oxygen atoms in total. The largest absolute Gasteiger partial charge is 0.335 e. The topological polar surface area (TPSA) is 44.4 Å². The van der Waals surface area contributed by atoms with Crippen molar-refractivity contribution in [3.05, 3.63) is 46.5 Å². The second kappa shape index (κ2) is 8.50. The molecular formula is C18H26BrN3O. The smallest absolute Gasteiger partial charge is 0.315 e. The summed E-state index contributed by atoms with van der Waals surface area (Å²) in [4.78, 5) is 14.6. The molecule has 0 bridgehead atoms. The fourth-order valence-corrected chi connectivity index (χ4v) is 3.57. The van der Waals surface area contributed by atoms with Gasteiger partial charge in [0, 0.05) is 30.1 Å². The zero-order chi connectivity index (χ0) is 16.8. The van der Waals surface area contributed by atoms with E-state index in [4.69, 9.17) is 0 Å². The van der Waals surface area contributed by atoms with Crippen LogP contribution in [-0.2, 0) is 0 Å².